The van der Waals surface area contributed by atoms with Crippen molar-refractivity contribution in [1.29, 1.82) is 0 Å². The van der Waals surface area contributed by atoms with Crippen LogP contribution in [0.25, 0.3) is 0 Å². The molecule has 0 aliphatic carbocycles. The van der Waals surface area contributed by atoms with Gasteiger partial charge in [-0.05, 0) is 29.2 Å². The summed E-state index contributed by atoms with van der Waals surface area (Å²) in [7, 11) is 0. The van der Waals surface area contributed by atoms with Crippen molar-refractivity contribution in [3.63, 3.8) is 0 Å². The van der Waals surface area contributed by atoms with Gasteiger partial charge >= 0.3 is 0 Å². The van der Waals surface area contributed by atoms with Crippen molar-refractivity contribution in [3.8, 4) is 0 Å². The molecule has 0 N–H and O–H groups in total. The molecule has 4 rings (SSSR count). The van der Waals surface area contributed by atoms with E-state index >= 15 is 0 Å². The van der Waals surface area contributed by atoms with Gasteiger partial charge in [0.25, 0.3) is 0 Å². The fourth-order valence-corrected chi connectivity index (χ4v) is 3.94. The zero-order chi connectivity index (χ0) is 17.8. The molecule has 0 amide bonds. The maximum Gasteiger partial charge on any atom is 0.0701 e. The van der Waals surface area contributed by atoms with Crippen LogP contribution in [-0.2, 0) is 5.41 Å². The highest BCUT2D eigenvalue weighted by atomic mass is 14.4. The van der Waals surface area contributed by atoms with Crippen molar-refractivity contribution in [1.82, 2.24) is 0 Å². The monoisotopic (exact) mass is 334 g/mol. The Balaban J connectivity index is 2.14. The summed E-state index contributed by atoms with van der Waals surface area (Å²) in [5.41, 5.74) is 6.07. The van der Waals surface area contributed by atoms with E-state index in [-0.39, 0.29) is 5.41 Å². The van der Waals surface area contributed by atoms with Gasteiger partial charge in [0.1, 0.15) is 0 Å². The van der Waals surface area contributed by atoms with Crippen LogP contribution >= 0.6 is 0 Å². The molecule has 0 aliphatic rings. The van der Waals surface area contributed by atoms with E-state index in [2.05, 4.69) is 122 Å². The Morgan fingerprint density at radius 1 is 0.423 bits per heavy atom. The van der Waals surface area contributed by atoms with E-state index in [1.54, 1.807) is 0 Å². The van der Waals surface area contributed by atoms with Crippen LogP contribution in [-0.4, -0.2) is 0 Å². The molecule has 0 unspecified atom stereocenters. The fraction of sp³-hybridized carbons (Fsp3) is 0.0769. The zero-order valence-electron chi connectivity index (χ0n) is 15.0. The molecule has 0 aliphatic heterocycles. The van der Waals surface area contributed by atoms with E-state index in [0.717, 1.165) is 0 Å². The van der Waals surface area contributed by atoms with Gasteiger partial charge in [0.2, 0.25) is 0 Å². The lowest BCUT2D eigenvalue weighted by molar-refractivity contribution is 0.744. The van der Waals surface area contributed by atoms with E-state index < -0.39 is 0 Å². The molecule has 0 atom stereocenters. The molecule has 0 nitrogen and oxygen atoms in total. The first-order valence-corrected chi connectivity index (χ1v) is 9.05. The van der Waals surface area contributed by atoms with Crippen LogP contribution in [0.15, 0.2) is 115 Å². The van der Waals surface area contributed by atoms with Crippen molar-refractivity contribution in [2.75, 3.05) is 0 Å². The second kappa shape index (κ2) is 7.01. The Morgan fingerprint density at radius 3 is 1.19 bits per heavy atom. The first-order valence-electron chi connectivity index (χ1n) is 9.05. The van der Waals surface area contributed by atoms with Crippen molar-refractivity contribution in [2.45, 2.75) is 12.3 Å². The van der Waals surface area contributed by atoms with Gasteiger partial charge in [0.05, 0.1) is 5.41 Å². The van der Waals surface area contributed by atoms with Crippen LogP contribution in [0, 0.1) is 6.92 Å². The fourth-order valence-electron chi connectivity index (χ4n) is 3.94. The summed E-state index contributed by atoms with van der Waals surface area (Å²) in [6.45, 7) is 2.16. The lowest BCUT2D eigenvalue weighted by Crippen LogP contribution is -2.31. The molecule has 0 bridgehead atoms. The van der Waals surface area contributed by atoms with Gasteiger partial charge in [-0.15, -0.1) is 0 Å². The predicted molar refractivity (Wildman–Crippen MR) is 109 cm³/mol. The average molecular weight is 334 g/mol. The quantitative estimate of drug-likeness (QED) is 0.380. The lowest BCUT2D eigenvalue weighted by Gasteiger charge is -2.37. The standard InChI is InChI=1S/C26H22/c1-21-12-11-19-25(20-21)26(22-13-5-2-6-14-22,23-15-7-3-8-16-23)24-17-9-4-10-18-24/h2-20H,1H3. The molecule has 0 radical (unpaired) electrons. The van der Waals surface area contributed by atoms with E-state index in [9.17, 15) is 0 Å². The Hall–Kier alpha value is -3.12. The molecule has 4 aromatic rings. The molecule has 0 heterocycles. The number of rotatable bonds is 4. The maximum absolute atomic E-state index is 2.31. The first kappa shape index (κ1) is 16.4. The van der Waals surface area contributed by atoms with Crippen molar-refractivity contribution in [2.24, 2.45) is 0 Å². The van der Waals surface area contributed by atoms with Crippen LogP contribution in [0.3, 0.4) is 0 Å². The molecule has 0 spiro atoms. The third kappa shape index (κ3) is 2.74. The number of benzene rings is 4. The smallest absolute Gasteiger partial charge is 0.0622 e. The number of hydrogen-bond donors (Lipinski definition) is 0. The average Bonchev–Trinajstić information content (AvgIpc) is 2.71. The Bertz CT molecular complexity index is 873. The van der Waals surface area contributed by atoms with Gasteiger partial charge < -0.3 is 0 Å². The number of hydrogen-bond acceptors (Lipinski definition) is 0. The molecule has 0 heteroatoms. The molecule has 126 valence electrons. The largest absolute Gasteiger partial charge is 0.0701 e. The predicted octanol–water partition coefficient (Wildman–Crippen LogP) is 6.38. The first-order chi connectivity index (χ1) is 12.8. The van der Waals surface area contributed by atoms with Crippen LogP contribution in [0.5, 0.6) is 0 Å². The van der Waals surface area contributed by atoms with Crippen molar-refractivity contribution in [3.05, 3.63) is 143 Å². The topological polar surface area (TPSA) is 0 Å². The van der Waals surface area contributed by atoms with E-state index in [0.29, 0.717) is 0 Å². The van der Waals surface area contributed by atoms with Crippen molar-refractivity contribution < 1.29 is 0 Å². The summed E-state index contributed by atoms with van der Waals surface area (Å²) in [4.78, 5) is 0. The summed E-state index contributed by atoms with van der Waals surface area (Å²) in [6, 6.07) is 41.4. The molecule has 26 heavy (non-hydrogen) atoms. The minimum absolute atomic E-state index is 0.337. The minimum Gasteiger partial charge on any atom is -0.0622 e. The highest BCUT2D eigenvalue weighted by Crippen LogP contribution is 2.45. The van der Waals surface area contributed by atoms with Crippen LogP contribution in [0.4, 0.5) is 0 Å². The van der Waals surface area contributed by atoms with Crippen LogP contribution in [0.2, 0.25) is 0 Å². The number of aryl methyl sites for hydroxylation is 1. The molecule has 0 saturated carbocycles. The van der Waals surface area contributed by atoms with Crippen LogP contribution in [0.1, 0.15) is 27.8 Å². The minimum atomic E-state index is -0.337. The molecular formula is C26H22. The summed E-state index contributed by atoms with van der Waals surface area (Å²) in [6.07, 6.45) is 0. The van der Waals surface area contributed by atoms with Gasteiger partial charge in [-0.2, -0.15) is 0 Å². The summed E-state index contributed by atoms with van der Waals surface area (Å²) >= 11 is 0. The second-order valence-electron chi connectivity index (χ2n) is 6.72. The van der Waals surface area contributed by atoms with E-state index in [1.165, 1.54) is 27.8 Å². The van der Waals surface area contributed by atoms with E-state index in [4.69, 9.17) is 0 Å². The molecule has 0 aromatic heterocycles. The molecule has 0 saturated heterocycles. The summed E-state index contributed by atoms with van der Waals surface area (Å²) in [5, 5.41) is 0. The van der Waals surface area contributed by atoms with Gasteiger partial charge in [-0.25, -0.2) is 0 Å². The van der Waals surface area contributed by atoms with Crippen LogP contribution < -0.4 is 0 Å². The summed E-state index contributed by atoms with van der Waals surface area (Å²) < 4.78 is 0. The van der Waals surface area contributed by atoms with Crippen molar-refractivity contribution >= 4 is 0 Å². The molecular weight excluding hydrogens is 312 g/mol. The molecule has 0 fully saturated rings. The Morgan fingerprint density at radius 2 is 0.808 bits per heavy atom. The third-order valence-corrected chi connectivity index (χ3v) is 5.07. The lowest BCUT2D eigenvalue weighted by atomic mass is 9.65. The zero-order valence-corrected chi connectivity index (χ0v) is 15.0. The Labute approximate surface area is 155 Å². The normalized spacial score (nSPS) is 11.3. The SMILES string of the molecule is Cc1cccc(C(c2ccccc2)(c2ccccc2)c2ccccc2)c1. The third-order valence-electron chi connectivity index (χ3n) is 5.07. The maximum atomic E-state index is 2.31. The summed E-state index contributed by atoms with van der Waals surface area (Å²) in [5.74, 6) is 0. The highest BCUT2D eigenvalue weighted by molar-refractivity contribution is 5.59. The van der Waals surface area contributed by atoms with Gasteiger partial charge in [-0.1, -0.05) is 121 Å². The Kier molecular flexibility index (Phi) is 4.41. The van der Waals surface area contributed by atoms with Gasteiger partial charge in [0.15, 0.2) is 0 Å². The van der Waals surface area contributed by atoms with Gasteiger partial charge in [-0.3, -0.25) is 0 Å². The second-order valence-corrected chi connectivity index (χ2v) is 6.72. The van der Waals surface area contributed by atoms with E-state index in [1.807, 2.05) is 0 Å². The van der Waals surface area contributed by atoms with Gasteiger partial charge in [0, 0.05) is 0 Å². The molecule has 4 aromatic carbocycles. The highest BCUT2D eigenvalue weighted by Gasteiger charge is 2.37.